The molecular weight excluding hydrogens is 295 g/mol. The van der Waals surface area contributed by atoms with Gasteiger partial charge in [-0.25, -0.2) is 9.18 Å². The minimum atomic E-state index is -0.530. The lowest BCUT2D eigenvalue weighted by Crippen LogP contribution is -2.32. The lowest BCUT2D eigenvalue weighted by atomic mass is 10.1. The van der Waals surface area contributed by atoms with Gasteiger partial charge < -0.3 is 10.1 Å². The molecule has 120 valence electrons. The number of halogens is 1. The Morgan fingerprint density at radius 2 is 2.17 bits per heavy atom. The fourth-order valence-corrected chi connectivity index (χ4v) is 1.89. The molecule has 0 spiro atoms. The predicted octanol–water partition coefficient (Wildman–Crippen LogP) is 3.64. The summed E-state index contributed by atoms with van der Waals surface area (Å²) in [7, 11) is 0. The van der Waals surface area contributed by atoms with E-state index in [4.69, 9.17) is 4.74 Å². The first-order valence-electron chi connectivity index (χ1n) is 7.35. The van der Waals surface area contributed by atoms with E-state index in [2.05, 4.69) is 22.1 Å². The Morgan fingerprint density at radius 1 is 1.39 bits per heavy atom. The van der Waals surface area contributed by atoms with Crippen LogP contribution in [-0.4, -0.2) is 23.2 Å². The fraction of sp³-hybridized carbons (Fsp3) is 0.333. The first kappa shape index (κ1) is 16.8. The third kappa shape index (κ3) is 5.26. The molecule has 1 N–H and O–H groups in total. The molecule has 0 radical (unpaired) electrons. The van der Waals surface area contributed by atoms with Gasteiger partial charge in [-0.2, -0.15) is 0 Å². The number of alkyl carbamates (subject to hydrolysis) is 1. The number of fused-ring (bicyclic) bond motifs is 1. The maximum atomic E-state index is 13.9. The quantitative estimate of drug-likeness (QED) is 0.680. The summed E-state index contributed by atoms with van der Waals surface area (Å²) >= 11 is 0. The summed E-state index contributed by atoms with van der Waals surface area (Å²) in [6.45, 7) is 5.73. The van der Waals surface area contributed by atoms with Crippen molar-refractivity contribution in [3.8, 4) is 11.8 Å². The van der Waals surface area contributed by atoms with Crippen LogP contribution in [0.1, 0.15) is 32.8 Å². The van der Waals surface area contributed by atoms with Gasteiger partial charge in [0.05, 0.1) is 11.1 Å². The molecule has 0 bridgehead atoms. The third-order valence-electron chi connectivity index (χ3n) is 2.83. The van der Waals surface area contributed by atoms with Crippen LogP contribution in [0.2, 0.25) is 0 Å². The second-order valence-corrected chi connectivity index (χ2v) is 6.01. The van der Waals surface area contributed by atoms with Crippen LogP contribution in [0.3, 0.4) is 0 Å². The molecule has 0 unspecified atom stereocenters. The standard InChI is InChI=1S/C18H19FN2O2/c1-18(2,3)23-17(22)21-9-5-4-7-13-11-14-8-6-10-20-16(14)12-15(13)19/h6,8,10-12H,5,9H2,1-3H3,(H,21,22). The van der Waals surface area contributed by atoms with Crippen molar-refractivity contribution in [1.82, 2.24) is 10.3 Å². The summed E-state index contributed by atoms with van der Waals surface area (Å²) in [4.78, 5) is 15.5. The van der Waals surface area contributed by atoms with Gasteiger partial charge in [0, 0.05) is 30.6 Å². The number of carbonyl (C=O) groups is 1. The van der Waals surface area contributed by atoms with E-state index in [0.717, 1.165) is 5.39 Å². The second-order valence-electron chi connectivity index (χ2n) is 6.01. The molecule has 1 aromatic carbocycles. The highest BCUT2D eigenvalue weighted by Gasteiger charge is 2.15. The van der Waals surface area contributed by atoms with Gasteiger partial charge >= 0.3 is 6.09 Å². The van der Waals surface area contributed by atoms with Gasteiger partial charge in [-0.3, -0.25) is 4.98 Å². The summed E-state index contributed by atoms with van der Waals surface area (Å²) in [5.41, 5.74) is 0.391. The maximum Gasteiger partial charge on any atom is 0.407 e. The number of nitrogens with one attached hydrogen (secondary N) is 1. The Labute approximate surface area is 135 Å². The van der Waals surface area contributed by atoms with E-state index in [0.29, 0.717) is 24.0 Å². The molecule has 1 heterocycles. The Balaban J connectivity index is 1.92. The zero-order chi connectivity index (χ0) is 16.9. The van der Waals surface area contributed by atoms with E-state index < -0.39 is 17.5 Å². The van der Waals surface area contributed by atoms with E-state index in [1.807, 2.05) is 6.07 Å². The number of hydrogen-bond donors (Lipinski definition) is 1. The van der Waals surface area contributed by atoms with E-state index in [9.17, 15) is 9.18 Å². The van der Waals surface area contributed by atoms with Crippen molar-refractivity contribution in [3.05, 3.63) is 41.8 Å². The van der Waals surface area contributed by atoms with Gasteiger partial charge in [-0.1, -0.05) is 17.9 Å². The summed E-state index contributed by atoms with van der Waals surface area (Å²) in [6, 6.07) is 6.70. The number of benzene rings is 1. The third-order valence-corrected chi connectivity index (χ3v) is 2.83. The zero-order valence-electron chi connectivity index (χ0n) is 13.4. The molecule has 23 heavy (non-hydrogen) atoms. The monoisotopic (exact) mass is 314 g/mol. The van der Waals surface area contributed by atoms with Crippen LogP contribution in [0, 0.1) is 17.7 Å². The number of rotatable bonds is 2. The number of carbonyl (C=O) groups excluding carboxylic acids is 1. The predicted molar refractivity (Wildman–Crippen MR) is 87.4 cm³/mol. The van der Waals surface area contributed by atoms with Crippen LogP contribution < -0.4 is 5.32 Å². The number of aromatic nitrogens is 1. The SMILES string of the molecule is CC(C)(C)OC(=O)NCCC#Cc1cc2cccnc2cc1F. The fourth-order valence-electron chi connectivity index (χ4n) is 1.89. The topological polar surface area (TPSA) is 51.2 Å². The lowest BCUT2D eigenvalue weighted by Gasteiger charge is -2.19. The summed E-state index contributed by atoms with van der Waals surface area (Å²) in [5, 5.41) is 3.44. The van der Waals surface area contributed by atoms with Crippen LogP contribution in [0.15, 0.2) is 30.5 Å². The van der Waals surface area contributed by atoms with Gasteiger partial charge in [0.1, 0.15) is 11.4 Å². The van der Waals surface area contributed by atoms with Crippen molar-refractivity contribution < 1.29 is 13.9 Å². The highest BCUT2D eigenvalue weighted by Crippen LogP contribution is 2.16. The smallest absolute Gasteiger partial charge is 0.407 e. The highest BCUT2D eigenvalue weighted by atomic mass is 19.1. The summed E-state index contributed by atoms with van der Waals surface area (Å²) < 4.78 is 19.0. The Kier molecular flexibility index (Phi) is 5.17. The number of pyridine rings is 1. The Bertz CT molecular complexity index is 770. The van der Waals surface area contributed by atoms with Crippen LogP contribution in [0.25, 0.3) is 10.9 Å². The normalized spacial score (nSPS) is 10.8. The molecule has 2 aromatic rings. The van der Waals surface area contributed by atoms with Crippen LogP contribution >= 0.6 is 0 Å². The molecule has 0 atom stereocenters. The molecular formula is C18H19FN2O2. The molecule has 2 rings (SSSR count). The average Bonchev–Trinajstić information content (AvgIpc) is 2.45. The largest absolute Gasteiger partial charge is 0.444 e. The van der Waals surface area contributed by atoms with E-state index in [-0.39, 0.29) is 0 Å². The van der Waals surface area contributed by atoms with Crippen LogP contribution in [0.5, 0.6) is 0 Å². The van der Waals surface area contributed by atoms with Gasteiger partial charge in [0.15, 0.2) is 0 Å². The number of nitrogens with zero attached hydrogens (tertiary/aromatic N) is 1. The van der Waals surface area contributed by atoms with Crippen LogP contribution in [-0.2, 0) is 4.74 Å². The van der Waals surface area contributed by atoms with Gasteiger partial charge in [0.25, 0.3) is 0 Å². The van der Waals surface area contributed by atoms with Crippen molar-refractivity contribution >= 4 is 17.0 Å². The maximum absolute atomic E-state index is 13.9. The van der Waals surface area contributed by atoms with Gasteiger partial charge in [0.2, 0.25) is 0 Å². The Morgan fingerprint density at radius 3 is 2.91 bits per heavy atom. The van der Waals surface area contributed by atoms with Crippen molar-refractivity contribution in [2.45, 2.75) is 32.8 Å². The highest BCUT2D eigenvalue weighted by molar-refractivity contribution is 5.80. The van der Waals surface area contributed by atoms with E-state index in [1.165, 1.54) is 6.07 Å². The Hall–Kier alpha value is -2.61. The zero-order valence-corrected chi connectivity index (χ0v) is 13.4. The number of ether oxygens (including phenoxy) is 1. The summed E-state index contributed by atoms with van der Waals surface area (Å²) in [6.07, 6.45) is 1.54. The summed E-state index contributed by atoms with van der Waals surface area (Å²) in [5.74, 6) is 5.23. The molecule has 0 aliphatic heterocycles. The minimum Gasteiger partial charge on any atom is -0.444 e. The lowest BCUT2D eigenvalue weighted by molar-refractivity contribution is 0.0529. The van der Waals surface area contributed by atoms with Gasteiger partial charge in [-0.05, 0) is 32.9 Å². The number of hydrogen-bond acceptors (Lipinski definition) is 3. The number of amides is 1. The molecule has 0 saturated heterocycles. The molecule has 0 aliphatic rings. The van der Waals surface area contributed by atoms with Gasteiger partial charge in [-0.15, -0.1) is 0 Å². The van der Waals surface area contributed by atoms with Crippen molar-refractivity contribution in [3.63, 3.8) is 0 Å². The van der Waals surface area contributed by atoms with E-state index in [1.54, 1.807) is 39.1 Å². The van der Waals surface area contributed by atoms with Crippen molar-refractivity contribution in [2.24, 2.45) is 0 Å². The van der Waals surface area contributed by atoms with Crippen molar-refractivity contribution in [1.29, 1.82) is 0 Å². The average molecular weight is 314 g/mol. The molecule has 1 aromatic heterocycles. The van der Waals surface area contributed by atoms with Crippen LogP contribution in [0.4, 0.5) is 9.18 Å². The first-order valence-corrected chi connectivity index (χ1v) is 7.35. The van der Waals surface area contributed by atoms with E-state index >= 15 is 0 Å². The molecule has 5 heteroatoms. The first-order chi connectivity index (χ1) is 10.8. The molecule has 0 saturated carbocycles. The molecule has 1 amide bonds. The minimum absolute atomic E-state index is 0.322. The molecule has 4 nitrogen and oxygen atoms in total. The van der Waals surface area contributed by atoms with Crippen molar-refractivity contribution in [2.75, 3.05) is 6.54 Å². The second kappa shape index (κ2) is 7.10. The molecule has 0 aliphatic carbocycles. The molecule has 0 fully saturated rings.